The molecule has 0 aromatic heterocycles. The Hall–Kier alpha value is -0.0800. The van der Waals surface area contributed by atoms with E-state index in [1.54, 1.807) is 0 Å². The summed E-state index contributed by atoms with van der Waals surface area (Å²) >= 11 is 0. The topological polar surface area (TPSA) is 9.23 Å². The minimum atomic E-state index is 0.463. The smallest absolute Gasteiger partial charge is 0.192 e. The number of quaternary nitrogens is 1. The van der Waals surface area contributed by atoms with Crippen LogP contribution in [0.1, 0.15) is 19.8 Å². The van der Waals surface area contributed by atoms with Crippen molar-refractivity contribution in [1.82, 2.24) is 0 Å². The van der Waals surface area contributed by atoms with E-state index in [4.69, 9.17) is 4.74 Å². The minimum absolute atomic E-state index is 0.463. The second-order valence-electron chi connectivity index (χ2n) is 3.35. The van der Waals surface area contributed by atoms with Crippen LogP contribution in [-0.4, -0.2) is 38.0 Å². The van der Waals surface area contributed by atoms with Crippen molar-refractivity contribution in [2.75, 3.05) is 27.2 Å². The number of methoxy groups -OCH3 is 1. The molecule has 10 heavy (non-hydrogen) atoms. The summed E-state index contributed by atoms with van der Waals surface area (Å²) in [7, 11) is 4.10. The van der Waals surface area contributed by atoms with Gasteiger partial charge in [-0.15, -0.1) is 0 Å². The molecule has 0 saturated carbocycles. The normalized spacial score (nSPS) is 40.5. The molecule has 1 saturated heterocycles. The number of ether oxygens (including phenoxy) is 1. The van der Waals surface area contributed by atoms with E-state index in [0.29, 0.717) is 6.23 Å². The van der Waals surface area contributed by atoms with Crippen LogP contribution in [0, 0.1) is 0 Å². The molecular weight excluding hydrogens is 126 g/mol. The van der Waals surface area contributed by atoms with Gasteiger partial charge in [0.05, 0.1) is 20.1 Å². The fraction of sp³-hybridized carbons (Fsp3) is 1.00. The summed E-state index contributed by atoms with van der Waals surface area (Å²) in [5.74, 6) is 0. The van der Waals surface area contributed by atoms with Gasteiger partial charge in [0.1, 0.15) is 0 Å². The highest BCUT2D eigenvalue weighted by Crippen LogP contribution is 2.24. The SMILES string of the molecule is CC[N+]1(C)CCCC1OC. The number of hydrogen-bond donors (Lipinski definition) is 0. The lowest BCUT2D eigenvalue weighted by atomic mass is 10.4. The summed E-state index contributed by atoms with van der Waals surface area (Å²) in [6, 6.07) is 0. The van der Waals surface area contributed by atoms with Crippen molar-refractivity contribution in [3.05, 3.63) is 0 Å². The van der Waals surface area contributed by atoms with E-state index >= 15 is 0 Å². The van der Waals surface area contributed by atoms with Crippen LogP contribution < -0.4 is 0 Å². The predicted octanol–water partition coefficient (Wildman–Crippen LogP) is 1.22. The standard InChI is InChI=1S/C8H18NO/c1-4-9(2)7-5-6-8(9)10-3/h8H,4-7H2,1-3H3/q+1. The van der Waals surface area contributed by atoms with Gasteiger partial charge in [0, 0.05) is 20.0 Å². The Morgan fingerprint density at radius 2 is 2.30 bits per heavy atom. The predicted molar refractivity (Wildman–Crippen MR) is 41.6 cm³/mol. The minimum Gasteiger partial charge on any atom is -0.332 e. The first-order valence-electron chi connectivity index (χ1n) is 4.10. The first kappa shape index (κ1) is 8.02. The molecule has 0 radical (unpaired) electrons. The van der Waals surface area contributed by atoms with E-state index < -0.39 is 0 Å². The number of rotatable bonds is 2. The lowest BCUT2D eigenvalue weighted by Crippen LogP contribution is -2.48. The average Bonchev–Trinajstić information content (AvgIpc) is 2.32. The van der Waals surface area contributed by atoms with Crippen molar-refractivity contribution in [3.63, 3.8) is 0 Å². The third kappa shape index (κ3) is 1.18. The molecule has 1 aliphatic rings. The van der Waals surface area contributed by atoms with Crippen molar-refractivity contribution in [2.45, 2.75) is 26.0 Å². The molecule has 1 fully saturated rings. The maximum atomic E-state index is 5.39. The number of nitrogens with zero attached hydrogens (tertiary/aromatic N) is 1. The van der Waals surface area contributed by atoms with Crippen molar-refractivity contribution in [3.8, 4) is 0 Å². The van der Waals surface area contributed by atoms with E-state index in [0.717, 1.165) is 4.48 Å². The van der Waals surface area contributed by atoms with E-state index in [9.17, 15) is 0 Å². The molecular formula is C8H18NO+. The lowest BCUT2D eigenvalue weighted by Gasteiger charge is -2.33. The largest absolute Gasteiger partial charge is 0.332 e. The summed E-state index contributed by atoms with van der Waals surface area (Å²) in [6.45, 7) is 4.71. The molecule has 2 atom stereocenters. The van der Waals surface area contributed by atoms with Crippen LogP contribution in [-0.2, 0) is 4.74 Å². The number of likely N-dealkylation sites (tertiary alicyclic amines) is 1. The van der Waals surface area contributed by atoms with Gasteiger partial charge in [-0.05, 0) is 6.92 Å². The van der Waals surface area contributed by atoms with Crippen LogP contribution in [0.3, 0.4) is 0 Å². The third-order valence-electron chi connectivity index (χ3n) is 2.81. The van der Waals surface area contributed by atoms with E-state index in [1.807, 2.05) is 7.11 Å². The molecule has 0 spiro atoms. The lowest BCUT2D eigenvalue weighted by molar-refractivity contribution is -0.940. The Labute approximate surface area is 63.4 Å². The Balaban J connectivity index is 2.56. The van der Waals surface area contributed by atoms with Crippen molar-refractivity contribution in [1.29, 1.82) is 0 Å². The van der Waals surface area contributed by atoms with Crippen molar-refractivity contribution >= 4 is 0 Å². The molecule has 1 aliphatic heterocycles. The number of hydrogen-bond acceptors (Lipinski definition) is 1. The van der Waals surface area contributed by atoms with Crippen LogP contribution in [0.15, 0.2) is 0 Å². The highest BCUT2D eigenvalue weighted by molar-refractivity contribution is 4.56. The third-order valence-corrected chi connectivity index (χ3v) is 2.81. The van der Waals surface area contributed by atoms with Gasteiger partial charge < -0.3 is 9.22 Å². The second-order valence-corrected chi connectivity index (χ2v) is 3.35. The Kier molecular flexibility index (Phi) is 2.32. The Bertz CT molecular complexity index is 116. The molecule has 2 nitrogen and oxygen atoms in total. The second kappa shape index (κ2) is 2.89. The van der Waals surface area contributed by atoms with Crippen molar-refractivity contribution in [2.24, 2.45) is 0 Å². The van der Waals surface area contributed by atoms with Crippen LogP contribution in [0.2, 0.25) is 0 Å². The van der Waals surface area contributed by atoms with E-state index in [2.05, 4.69) is 14.0 Å². The van der Waals surface area contributed by atoms with Gasteiger partial charge in [-0.1, -0.05) is 0 Å². The van der Waals surface area contributed by atoms with Gasteiger partial charge in [0.25, 0.3) is 0 Å². The maximum absolute atomic E-state index is 5.39. The summed E-state index contributed by atoms with van der Waals surface area (Å²) in [5.41, 5.74) is 0. The summed E-state index contributed by atoms with van der Waals surface area (Å²) in [6.07, 6.45) is 3.02. The monoisotopic (exact) mass is 144 g/mol. The molecule has 0 aromatic rings. The molecule has 1 rings (SSSR count). The van der Waals surface area contributed by atoms with Crippen LogP contribution in [0.25, 0.3) is 0 Å². The maximum Gasteiger partial charge on any atom is 0.192 e. The van der Waals surface area contributed by atoms with Gasteiger partial charge in [0.2, 0.25) is 0 Å². The van der Waals surface area contributed by atoms with Gasteiger partial charge >= 0.3 is 0 Å². The fourth-order valence-electron chi connectivity index (χ4n) is 1.82. The van der Waals surface area contributed by atoms with E-state index in [-0.39, 0.29) is 0 Å². The van der Waals surface area contributed by atoms with Gasteiger partial charge in [0.15, 0.2) is 6.23 Å². The summed E-state index contributed by atoms with van der Waals surface area (Å²) in [5, 5.41) is 0. The molecule has 0 amide bonds. The molecule has 0 bridgehead atoms. The van der Waals surface area contributed by atoms with Gasteiger partial charge in [-0.3, -0.25) is 0 Å². The first-order valence-corrected chi connectivity index (χ1v) is 4.10. The van der Waals surface area contributed by atoms with Gasteiger partial charge in [-0.2, -0.15) is 0 Å². The molecule has 0 aliphatic carbocycles. The van der Waals surface area contributed by atoms with Gasteiger partial charge in [-0.25, -0.2) is 0 Å². The fourth-order valence-corrected chi connectivity index (χ4v) is 1.82. The highest BCUT2D eigenvalue weighted by atomic mass is 16.5. The highest BCUT2D eigenvalue weighted by Gasteiger charge is 2.36. The Morgan fingerprint density at radius 3 is 2.70 bits per heavy atom. The zero-order valence-corrected chi connectivity index (χ0v) is 7.26. The average molecular weight is 144 g/mol. The quantitative estimate of drug-likeness (QED) is 0.529. The molecule has 2 unspecified atom stereocenters. The molecule has 2 heteroatoms. The van der Waals surface area contributed by atoms with Crippen LogP contribution in [0.4, 0.5) is 0 Å². The van der Waals surface area contributed by atoms with E-state index in [1.165, 1.54) is 25.9 Å². The summed E-state index contributed by atoms with van der Waals surface area (Å²) < 4.78 is 6.50. The first-order chi connectivity index (χ1) is 4.73. The summed E-state index contributed by atoms with van der Waals surface area (Å²) in [4.78, 5) is 0. The Morgan fingerprint density at radius 1 is 1.60 bits per heavy atom. The van der Waals surface area contributed by atoms with Crippen molar-refractivity contribution < 1.29 is 9.22 Å². The van der Waals surface area contributed by atoms with Crippen LogP contribution in [0.5, 0.6) is 0 Å². The molecule has 60 valence electrons. The molecule has 1 heterocycles. The molecule has 0 N–H and O–H groups in total. The zero-order valence-electron chi connectivity index (χ0n) is 7.26. The van der Waals surface area contributed by atoms with Crippen LogP contribution >= 0.6 is 0 Å². The zero-order chi connectivity index (χ0) is 7.61. The molecule has 0 aromatic carbocycles.